The molecule has 1 unspecified atom stereocenters. The maximum absolute atomic E-state index is 12.1. The molecule has 1 heterocycles. The van der Waals surface area contributed by atoms with Crippen LogP contribution in [0.5, 0.6) is 0 Å². The van der Waals surface area contributed by atoms with Gasteiger partial charge in [0.05, 0.1) is 18.1 Å². The number of carbonyl (C=O) groups excluding carboxylic acids is 1. The van der Waals surface area contributed by atoms with E-state index in [1.807, 2.05) is 13.8 Å². The Labute approximate surface area is 128 Å². The van der Waals surface area contributed by atoms with Crippen molar-refractivity contribution in [2.75, 3.05) is 44.3 Å². The van der Waals surface area contributed by atoms with Crippen LogP contribution in [0.1, 0.15) is 33.6 Å². The highest BCUT2D eigenvalue weighted by Gasteiger charge is 2.34. The summed E-state index contributed by atoms with van der Waals surface area (Å²) in [5, 5.41) is 3.20. The van der Waals surface area contributed by atoms with Crippen LogP contribution in [0.2, 0.25) is 0 Å². The van der Waals surface area contributed by atoms with Crippen molar-refractivity contribution >= 4 is 15.8 Å². The molecule has 1 rings (SSSR count). The molecule has 0 aromatic carbocycles. The molecule has 1 fully saturated rings. The van der Waals surface area contributed by atoms with Gasteiger partial charge in [0.25, 0.3) is 0 Å². The topological polar surface area (TPSA) is 75.7 Å². The fourth-order valence-corrected chi connectivity index (χ4v) is 3.85. The Morgan fingerprint density at radius 3 is 2.62 bits per heavy atom. The fraction of sp³-hybridized carbons (Fsp3) is 0.929. The number of hydrogen-bond donors (Lipinski definition) is 1. The molecule has 1 atom stereocenters. The van der Waals surface area contributed by atoms with Crippen LogP contribution in [0.3, 0.4) is 0 Å². The van der Waals surface area contributed by atoms with Crippen molar-refractivity contribution in [2.24, 2.45) is 0 Å². The van der Waals surface area contributed by atoms with Gasteiger partial charge >= 0.3 is 5.97 Å². The van der Waals surface area contributed by atoms with Crippen molar-refractivity contribution in [2.45, 2.75) is 39.2 Å². The van der Waals surface area contributed by atoms with E-state index in [1.165, 1.54) is 0 Å². The summed E-state index contributed by atoms with van der Waals surface area (Å²) in [6.45, 7) is 8.66. The third-order valence-electron chi connectivity index (χ3n) is 3.87. The van der Waals surface area contributed by atoms with Crippen LogP contribution >= 0.6 is 0 Å². The van der Waals surface area contributed by atoms with Crippen LogP contribution in [0.4, 0.5) is 0 Å². The van der Waals surface area contributed by atoms with E-state index in [0.29, 0.717) is 39.1 Å². The number of carbonyl (C=O) groups is 1. The Hall–Kier alpha value is -0.660. The van der Waals surface area contributed by atoms with Crippen molar-refractivity contribution in [3.05, 3.63) is 0 Å². The number of esters is 1. The van der Waals surface area contributed by atoms with E-state index < -0.39 is 15.4 Å². The zero-order valence-electron chi connectivity index (χ0n) is 13.4. The van der Waals surface area contributed by atoms with Gasteiger partial charge in [0.2, 0.25) is 0 Å². The molecule has 0 aromatic rings. The lowest BCUT2D eigenvalue weighted by Gasteiger charge is -2.30. The van der Waals surface area contributed by atoms with E-state index in [0.717, 1.165) is 6.54 Å². The minimum atomic E-state index is -2.89. The molecule has 0 spiro atoms. The molecule has 21 heavy (non-hydrogen) atoms. The van der Waals surface area contributed by atoms with Gasteiger partial charge in [0, 0.05) is 13.1 Å². The Morgan fingerprint density at radius 2 is 2.00 bits per heavy atom. The largest absolute Gasteiger partial charge is 0.465 e. The van der Waals surface area contributed by atoms with Gasteiger partial charge in [-0.05, 0) is 39.8 Å². The molecule has 1 aliphatic rings. The Bertz CT molecular complexity index is 438. The van der Waals surface area contributed by atoms with Crippen molar-refractivity contribution in [3.8, 4) is 0 Å². The number of sulfone groups is 1. The summed E-state index contributed by atoms with van der Waals surface area (Å²) in [6.07, 6.45) is 1.28. The molecule has 1 N–H and O–H groups in total. The summed E-state index contributed by atoms with van der Waals surface area (Å²) in [5.41, 5.74) is -0.712. The summed E-state index contributed by atoms with van der Waals surface area (Å²) in [7, 11) is -2.89. The van der Waals surface area contributed by atoms with Gasteiger partial charge in [-0.1, -0.05) is 6.92 Å². The number of rotatable bonds is 7. The molecule has 7 heteroatoms. The zero-order chi connectivity index (χ0) is 15.9. The second kappa shape index (κ2) is 8.10. The molecule has 0 amide bonds. The highest BCUT2D eigenvalue weighted by Crippen LogP contribution is 2.15. The van der Waals surface area contributed by atoms with Crippen molar-refractivity contribution in [1.29, 1.82) is 0 Å². The van der Waals surface area contributed by atoms with Gasteiger partial charge in [-0.3, -0.25) is 4.79 Å². The van der Waals surface area contributed by atoms with Gasteiger partial charge in [-0.25, -0.2) is 8.42 Å². The average molecular weight is 320 g/mol. The summed E-state index contributed by atoms with van der Waals surface area (Å²) < 4.78 is 28.3. The quantitative estimate of drug-likeness (QED) is 0.686. The van der Waals surface area contributed by atoms with E-state index in [1.54, 1.807) is 6.92 Å². The third kappa shape index (κ3) is 5.92. The molecule has 0 bridgehead atoms. The fourth-order valence-electron chi connectivity index (χ4n) is 2.54. The normalized spacial score (nSPS) is 22.2. The molecular formula is C14H28N2O4S. The highest BCUT2D eigenvalue weighted by molar-refractivity contribution is 7.91. The minimum absolute atomic E-state index is 0.213. The lowest BCUT2D eigenvalue weighted by molar-refractivity contribution is -0.151. The summed E-state index contributed by atoms with van der Waals surface area (Å²) in [6, 6.07) is 0. The first-order valence-corrected chi connectivity index (χ1v) is 9.50. The van der Waals surface area contributed by atoms with Crippen LogP contribution in [0, 0.1) is 0 Å². The monoisotopic (exact) mass is 320 g/mol. The Balaban J connectivity index is 2.58. The van der Waals surface area contributed by atoms with Gasteiger partial charge in [-0.2, -0.15) is 0 Å². The molecule has 0 saturated carbocycles. The number of nitrogens with one attached hydrogen (secondary N) is 1. The second-order valence-electron chi connectivity index (χ2n) is 5.68. The molecule has 1 aliphatic heterocycles. The van der Waals surface area contributed by atoms with Crippen molar-refractivity contribution in [1.82, 2.24) is 10.2 Å². The predicted molar refractivity (Wildman–Crippen MR) is 83.0 cm³/mol. The van der Waals surface area contributed by atoms with Gasteiger partial charge < -0.3 is 15.0 Å². The molecule has 1 saturated heterocycles. The number of ether oxygens (including phenoxy) is 1. The van der Waals surface area contributed by atoms with E-state index in [2.05, 4.69) is 10.2 Å². The summed E-state index contributed by atoms with van der Waals surface area (Å²) in [5.74, 6) is 0.241. The molecular weight excluding hydrogens is 292 g/mol. The standard InChI is InChI=1S/C14H28N2O4S/c1-4-15-14(3,13(17)20-5-2)7-9-16-8-6-11-21(18,19)12-10-16/h15H,4-12H2,1-3H3. The van der Waals surface area contributed by atoms with Gasteiger partial charge in [0.15, 0.2) is 9.84 Å². The Kier molecular flexibility index (Phi) is 7.09. The van der Waals surface area contributed by atoms with E-state index in [-0.39, 0.29) is 17.5 Å². The van der Waals surface area contributed by atoms with Gasteiger partial charge in [0.1, 0.15) is 5.54 Å². The van der Waals surface area contributed by atoms with Crippen LogP contribution in [0.15, 0.2) is 0 Å². The number of likely N-dealkylation sites (N-methyl/N-ethyl adjacent to an activating group) is 1. The van der Waals surface area contributed by atoms with E-state index in [9.17, 15) is 13.2 Å². The highest BCUT2D eigenvalue weighted by atomic mass is 32.2. The van der Waals surface area contributed by atoms with Crippen LogP contribution in [-0.4, -0.2) is 69.1 Å². The number of nitrogens with zero attached hydrogens (tertiary/aromatic N) is 1. The van der Waals surface area contributed by atoms with Crippen molar-refractivity contribution in [3.63, 3.8) is 0 Å². The molecule has 6 nitrogen and oxygen atoms in total. The van der Waals surface area contributed by atoms with Crippen LogP contribution in [0.25, 0.3) is 0 Å². The zero-order valence-corrected chi connectivity index (χ0v) is 14.2. The molecule has 0 radical (unpaired) electrons. The minimum Gasteiger partial charge on any atom is -0.465 e. The summed E-state index contributed by atoms with van der Waals surface area (Å²) in [4.78, 5) is 14.2. The SMILES string of the molecule is CCNC(C)(CCN1CCCS(=O)(=O)CC1)C(=O)OCC. The van der Waals surface area contributed by atoms with E-state index in [4.69, 9.17) is 4.74 Å². The van der Waals surface area contributed by atoms with Crippen LogP contribution in [-0.2, 0) is 19.4 Å². The predicted octanol–water partition coefficient (Wildman–Crippen LogP) is 0.428. The van der Waals surface area contributed by atoms with Crippen molar-refractivity contribution < 1.29 is 17.9 Å². The molecule has 0 aliphatic carbocycles. The first kappa shape index (κ1) is 18.4. The molecule has 124 valence electrons. The average Bonchev–Trinajstić information content (AvgIpc) is 2.58. The summed E-state index contributed by atoms with van der Waals surface area (Å²) >= 11 is 0. The van der Waals surface area contributed by atoms with Crippen LogP contribution < -0.4 is 5.32 Å². The first-order chi connectivity index (χ1) is 9.83. The smallest absolute Gasteiger partial charge is 0.326 e. The van der Waals surface area contributed by atoms with E-state index >= 15 is 0 Å². The Morgan fingerprint density at radius 1 is 1.29 bits per heavy atom. The third-order valence-corrected chi connectivity index (χ3v) is 5.58. The van der Waals surface area contributed by atoms with Gasteiger partial charge in [-0.15, -0.1) is 0 Å². The number of hydrogen-bond acceptors (Lipinski definition) is 6. The lowest BCUT2D eigenvalue weighted by atomic mass is 9.97. The lowest BCUT2D eigenvalue weighted by Crippen LogP contribution is -2.52. The maximum Gasteiger partial charge on any atom is 0.326 e. The molecule has 0 aromatic heterocycles. The maximum atomic E-state index is 12.1. The second-order valence-corrected chi connectivity index (χ2v) is 7.98. The first-order valence-electron chi connectivity index (χ1n) is 7.68.